The molecule has 2 aromatic carbocycles. The molecule has 138 valence electrons. The summed E-state index contributed by atoms with van der Waals surface area (Å²) < 4.78 is 4.83. The molecular weight excluding hydrogens is 344 g/mol. The van der Waals surface area contributed by atoms with Crippen LogP contribution in [0.3, 0.4) is 0 Å². The number of nitrogens with zero attached hydrogens (tertiary/aromatic N) is 1. The van der Waals surface area contributed by atoms with E-state index in [2.05, 4.69) is 5.32 Å². The van der Waals surface area contributed by atoms with Crippen molar-refractivity contribution in [3.8, 4) is 0 Å². The van der Waals surface area contributed by atoms with Gasteiger partial charge in [-0.2, -0.15) is 0 Å². The summed E-state index contributed by atoms with van der Waals surface area (Å²) in [4.78, 5) is 38.4. The highest BCUT2D eigenvalue weighted by atomic mass is 16.5. The minimum atomic E-state index is -0.999. The number of hydrogen-bond donors (Lipinski definition) is 1. The Kier molecular flexibility index (Phi) is 5.35. The molecule has 1 aliphatic heterocycles. The zero-order valence-electron chi connectivity index (χ0n) is 15.1. The summed E-state index contributed by atoms with van der Waals surface area (Å²) >= 11 is 0. The number of methoxy groups -OCH3 is 1. The molecule has 3 rings (SSSR count). The number of amides is 2. The van der Waals surface area contributed by atoms with Crippen LogP contribution in [0, 0.1) is 6.92 Å². The number of carbonyl (C=O) groups excluding carboxylic acids is 3. The Morgan fingerprint density at radius 1 is 1.07 bits per heavy atom. The van der Waals surface area contributed by atoms with Crippen LogP contribution in [-0.2, 0) is 19.1 Å². The maximum absolute atomic E-state index is 12.6. The molecule has 6 nitrogen and oxygen atoms in total. The number of ether oxygens (including phenoxy) is 1. The van der Waals surface area contributed by atoms with Gasteiger partial charge in [-0.15, -0.1) is 0 Å². The number of hydrogen-bond acceptors (Lipinski definition) is 4. The Morgan fingerprint density at radius 2 is 1.74 bits per heavy atom. The molecule has 27 heavy (non-hydrogen) atoms. The van der Waals surface area contributed by atoms with Gasteiger partial charge >= 0.3 is 17.8 Å². The fraction of sp³-hybridized carbons (Fsp3) is 0.190. The van der Waals surface area contributed by atoms with E-state index in [0.29, 0.717) is 5.69 Å². The molecule has 2 amide bonds. The topological polar surface area (TPSA) is 75.7 Å². The number of nitrogens with one attached hydrogen (secondary N) is 1. The second kappa shape index (κ2) is 7.86. The summed E-state index contributed by atoms with van der Waals surface area (Å²) in [6.45, 7) is 1.93. The van der Waals surface area contributed by atoms with Crippen molar-refractivity contribution in [3.63, 3.8) is 0 Å². The lowest BCUT2D eigenvalue weighted by atomic mass is 9.99. The van der Waals surface area contributed by atoms with Crippen molar-refractivity contribution in [3.05, 3.63) is 71.8 Å². The predicted molar refractivity (Wildman–Crippen MR) is 102 cm³/mol. The first kappa shape index (κ1) is 18.4. The predicted octanol–water partition coefficient (Wildman–Crippen LogP) is 2.08. The molecule has 2 atom stereocenters. The van der Waals surface area contributed by atoms with Gasteiger partial charge < -0.3 is 10.1 Å². The molecule has 0 bridgehead atoms. The van der Waals surface area contributed by atoms with Gasteiger partial charge in [-0.1, -0.05) is 60.2 Å². The van der Waals surface area contributed by atoms with Gasteiger partial charge in [0.2, 0.25) is 0 Å². The number of esters is 1. The molecule has 0 spiro atoms. The number of aryl methyl sites for hydroxylation is 1. The van der Waals surface area contributed by atoms with E-state index < -0.39 is 29.9 Å². The molecule has 2 aromatic rings. The Hall–Kier alpha value is -3.41. The zero-order chi connectivity index (χ0) is 19.4. The molecule has 0 aliphatic carbocycles. The van der Waals surface area contributed by atoms with E-state index in [9.17, 15) is 14.4 Å². The Balaban J connectivity index is 2.04. The summed E-state index contributed by atoms with van der Waals surface area (Å²) in [6, 6.07) is 15.0. The van der Waals surface area contributed by atoms with Gasteiger partial charge in [0, 0.05) is 5.69 Å². The molecule has 1 aliphatic rings. The number of benzene rings is 2. The van der Waals surface area contributed by atoms with E-state index in [1.165, 1.54) is 12.0 Å². The smallest absolute Gasteiger partial charge is 0.330 e. The average molecular weight is 364 g/mol. The summed E-state index contributed by atoms with van der Waals surface area (Å²) in [5.41, 5.74) is 2.47. The lowest BCUT2D eigenvalue weighted by molar-refractivity contribution is -0.149. The van der Waals surface area contributed by atoms with Crippen LogP contribution < -0.4 is 10.2 Å². The number of rotatable bonds is 4. The first-order valence-corrected chi connectivity index (χ1v) is 8.53. The largest absolute Gasteiger partial charge is 0.467 e. The second-order valence-electron chi connectivity index (χ2n) is 6.25. The highest BCUT2D eigenvalue weighted by Gasteiger charge is 2.44. The van der Waals surface area contributed by atoms with Crippen LogP contribution in [0.15, 0.2) is 60.7 Å². The molecule has 1 fully saturated rings. The minimum Gasteiger partial charge on any atom is -0.467 e. The zero-order valence-corrected chi connectivity index (χ0v) is 15.1. The Bertz CT molecular complexity index is 875. The van der Waals surface area contributed by atoms with Gasteiger partial charge in [-0.3, -0.25) is 14.5 Å². The second-order valence-corrected chi connectivity index (χ2v) is 6.25. The van der Waals surface area contributed by atoms with Gasteiger partial charge in [0.25, 0.3) is 0 Å². The van der Waals surface area contributed by atoms with Crippen molar-refractivity contribution >= 4 is 29.5 Å². The number of piperazine rings is 1. The normalized spacial score (nSPS) is 19.9. The third-order valence-corrected chi connectivity index (χ3v) is 4.39. The molecule has 1 heterocycles. The Morgan fingerprint density at radius 3 is 2.37 bits per heavy atom. The quantitative estimate of drug-likeness (QED) is 0.666. The van der Waals surface area contributed by atoms with Crippen molar-refractivity contribution in [1.82, 2.24) is 5.32 Å². The molecule has 6 heteroatoms. The van der Waals surface area contributed by atoms with E-state index in [0.717, 1.165) is 11.1 Å². The van der Waals surface area contributed by atoms with Crippen molar-refractivity contribution in [2.24, 2.45) is 0 Å². The van der Waals surface area contributed by atoms with Gasteiger partial charge in [-0.25, -0.2) is 4.79 Å². The molecule has 0 radical (unpaired) electrons. The standard InChI is InChI=1S/C21H20N2O4/c1-14-8-11-16(12-9-14)23-17(13-10-15-6-4-3-5-7-15)18(21(26)27-2)22-19(24)20(23)25/h3-13,17-18H,1-2H3,(H,22,24)/b13-10+/t17-,18+/m0/s1. The molecular formula is C21H20N2O4. The summed E-state index contributed by atoms with van der Waals surface area (Å²) in [5, 5.41) is 2.46. The summed E-state index contributed by atoms with van der Waals surface area (Å²) in [5.74, 6) is -2.17. The van der Waals surface area contributed by atoms with Crippen molar-refractivity contribution in [1.29, 1.82) is 0 Å². The Labute approximate surface area is 157 Å². The fourth-order valence-electron chi connectivity index (χ4n) is 2.97. The number of anilines is 1. The van der Waals surface area contributed by atoms with Crippen LogP contribution in [0.25, 0.3) is 6.08 Å². The molecule has 0 aromatic heterocycles. The number of carbonyl (C=O) groups is 3. The van der Waals surface area contributed by atoms with Crippen molar-refractivity contribution < 1.29 is 19.1 Å². The van der Waals surface area contributed by atoms with E-state index in [1.54, 1.807) is 18.2 Å². The minimum absolute atomic E-state index is 0.539. The van der Waals surface area contributed by atoms with Crippen LogP contribution in [0.4, 0.5) is 5.69 Å². The lowest BCUT2D eigenvalue weighted by Crippen LogP contribution is -2.65. The van der Waals surface area contributed by atoms with Crippen LogP contribution >= 0.6 is 0 Å². The van der Waals surface area contributed by atoms with Crippen LogP contribution in [0.5, 0.6) is 0 Å². The average Bonchev–Trinajstić information content (AvgIpc) is 2.69. The van der Waals surface area contributed by atoms with E-state index in [1.807, 2.05) is 55.5 Å². The van der Waals surface area contributed by atoms with Crippen LogP contribution in [0.1, 0.15) is 11.1 Å². The van der Waals surface area contributed by atoms with Gasteiger partial charge in [-0.05, 0) is 24.6 Å². The fourth-order valence-corrected chi connectivity index (χ4v) is 2.97. The maximum atomic E-state index is 12.6. The van der Waals surface area contributed by atoms with Gasteiger partial charge in [0.05, 0.1) is 13.2 Å². The molecule has 0 unspecified atom stereocenters. The molecule has 1 saturated heterocycles. The molecule has 1 N–H and O–H groups in total. The third-order valence-electron chi connectivity index (χ3n) is 4.39. The van der Waals surface area contributed by atoms with E-state index in [-0.39, 0.29) is 0 Å². The van der Waals surface area contributed by atoms with Crippen LogP contribution in [-0.4, -0.2) is 37.0 Å². The SMILES string of the molecule is COC(=O)[C@@H]1NC(=O)C(=O)N(c2ccc(C)cc2)[C@H]1/C=C/c1ccccc1. The first-order valence-electron chi connectivity index (χ1n) is 8.53. The van der Waals surface area contributed by atoms with Gasteiger partial charge in [0.15, 0.2) is 6.04 Å². The van der Waals surface area contributed by atoms with E-state index >= 15 is 0 Å². The lowest BCUT2D eigenvalue weighted by Gasteiger charge is -2.38. The van der Waals surface area contributed by atoms with Gasteiger partial charge in [0.1, 0.15) is 0 Å². The first-order chi connectivity index (χ1) is 13.0. The van der Waals surface area contributed by atoms with Crippen LogP contribution in [0.2, 0.25) is 0 Å². The third kappa shape index (κ3) is 3.89. The van der Waals surface area contributed by atoms with Crippen molar-refractivity contribution in [2.45, 2.75) is 19.0 Å². The van der Waals surface area contributed by atoms with E-state index in [4.69, 9.17) is 4.74 Å². The van der Waals surface area contributed by atoms with Crippen molar-refractivity contribution in [2.75, 3.05) is 12.0 Å². The summed E-state index contributed by atoms with van der Waals surface area (Å²) in [7, 11) is 1.25. The summed E-state index contributed by atoms with van der Waals surface area (Å²) in [6.07, 6.45) is 3.54. The monoisotopic (exact) mass is 364 g/mol. The highest BCUT2D eigenvalue weighted by Crippen LogP contribution is 2.24. The maximum Gasteiger partial charge on any atom is 0.330 e. The highest BCUT2D eigenvalue weighted by molar-refractivity contribution is 6.42. The molecule has 0 saturated carbocycles.